The van der Waals surface area contributed by atoms with Crippen LogP contribution in [0.3, 0.4) is 0 Å². The Morgan fingerprint density at radius 3 is 2.31 bits per heavy atom. The molecule has 0 saturated heterocycles. The molecule has 0 aliphatic carbocycles. The molecule has 0 bridgehead atoms. The maximum atomic E-state index is 12.5. The lowest BCUT2D eigenvalue weighted by atomic mass is 10.0. The smallest absolute Gasteiger partial charge is 0.387 e. The minimum atomic E-state index is -2.99. The van der Waals surface area contributed by atoms with E-state index in [9.17, 15) is 13.6 Å². The van der Waals surface area contributed by atoms with E-state index in [1.54, 1.807) is 13.2 Å². The number of ether oxygens (including phenoxy) is 2. The normalized spacial score (nSPS) is 12.1. The first-order valence-corrected chi connectivity index (χ1v) is 8.05. The highest BCUT2D eigenvalue weighted by Gasteiger charge is 2.21. The molecule has 26 heavy (non-hydrogen) atoms. The van der Waals surface area contributed by atoms with E-state index in [1.807, 2.05) is 43.3 Å². The SMILES string of the molecule is COc1ccccc1C(CNC(=O)c1ccccc1OC(F)F)N(C)C. The molecule has 2 aromatic rings. The van der Waals surface area contributed by atoms with Crippen LogP contribution < -0.4 is 14.8 Å². The van der Waals surface area contributed by atoms with Crippen molar-refractivity contribution in [3.63, 3.8) is 0 Å². The van der Waals surface area contributed by atoms with Gasteiger partial charge in [0.25, 0.3) is 5.91 Å². The largest absolute Gasteiger partial charge is 0.496 e. The van der Waals surface area contributed by atoms with Crippen LogP contribution in [0.5, 0.6) is 11.5 Å². The molecular formula is C19H22F2N2O3. The minimum Gasteiger partial charge on any atom is -0.496 e. The number of carbonyl (C=O) groups is 1. The van der Waals surface area contributed by atoms with E-state index in [0.717, 1.165) is 5.56 Å². The molecule has 1 unspecified atom stereocenters. The number of hydrogen-bond donors (Lipinski definition) is 1. The first-order valence-electron chi connectivity index (χ1n) is 8.05. The van der Waals surface area contributed by atoms with E-state index in [1.165, 1.54) is 18.2 Å². The molecule has 0 saturated carbocycles. The van der Waals surface area contributed by atoms with Crippen LogP contribution in [0.2, 0.25) is 0 Å². The molecule has 0 radical (unpaired) electrons. The van der Waals surface area contributed by atoms with Crippen LogP contribution in [0, 0.1) is 0 Å². The quantitative estimate of drug-likeness (QED) is 0.781. The summed E-state index contributed by atoms with van der Waals surface area (Å²) in [7, 11) is 5.36. The lowest BCUT2D eigenvalue weighted by Crippen LogP contribution is -2.35. The van der Waals surface area contributed by atoms with Gasteiger partial charge >= 0.3 is 6.61 Å². The average Bonchev–Trinajstić information content (AvgIpc) is 2.61. The van der Waals surface area contributed by atoms with Crippen LogP contribution in [0.4, 0.5) is 8.78 Å². The monoisotopic (exact) mass is 364 g/mol. The highest BCUT2D eigenvalue weighted by Crippen LogP contribution is 2.27. The predicted molar refractivity (Wildman–Crippen MR) is 94.8 cm³/mol. The Hall–Kier alpha value is -2.67. The van der Waals surface area contributed by atoms with Gasteiger partial charge in [0.2, 0.25) is 0 Å². The fraction of sp³-hybridized carbons (Fsp3) is 0.316. The summed E-state index contributed by atoms with van der Waals surface area (Å²) in [6.45, 7) is -2.72. The molecular weight excluding hydrogens is 342 g/mol. The molecule has 1 atom stereocenters. The van der Waals surface area contributed by atoms with Gasteiger partial charge in [0.1, 0.15) is 11.5 Å². The van der Waals surface area contributed by atoms with Gasteiger partial charge in [-0.15, -0.1) is 0 Å². The molecule has 0 aromatic heterocycles. The third-order valence-corrected chi connectivity index (χ3v) is 3.92. The maximum Gasteiger partial charge on any atom is 0.387 e. The van der Waals surface area contributed by atoms with Gasteiger partial charge in [0, 0.05) is 12.1 Å². The Labute approximate surface area is 151 Å². The Bertz CT molecular complexity index is 738. The van der Waals surface area contributed by atoms with Gasteiger partial charge in [0.05, 0.1) is 18.7 Å². The number of carbonyl (C=O) groups excluding carboxylic acids is 1. The number of rotatable bonds is 8. The summed E-state index contributed by atoms with van der Waals surface area (Å²) in [5.74, 6) is 0.0728. The number of halogens is 2. The van der Waals surface area contributed by atoms with Crippen LogP contribution in [0.25, 0.3) is 0 Å². The molecule has 0 aliphatic rings. The van der Waals surface area contributed by atoms with Gasteiger partial charge in [-0.1, -0.05) is 30.3 Å². The fourth-order valence-electron chi connectivity index (χ4n) is 2.65. The van der Waals surface area contributed by atoms with Crippen LogP contribution in [-0.2, 0) is 0 Å². The van der Waals surface area contributed by atoms with Gasteiger partial charge in [-0.2, -0.15) is 8.78 Å². The average molecular weight is 364 g/mol. The van der Waals surface area contributed by atoms with Crippen molar-refractivity contribution in [1.29, 1.82) is 0 Å². The van der Waals surface area contributed by atoms with Crippen LogP contribution in [0.1, 0.15) is 22.0 Å². The Kier molecular flexibility index (Phi) is 6.91. The van der Waals surface area contributed by atoms with E-state index >= 15 is 0 Å². The van der Waals surface area contributed by atoms with Gasteiger partial charge in [-0.05, 0) is 32.3 Å². The third-order valence-electron chi connectivity index (χ3n) is 3.92. The number of amides is 1. The molecule has 0 heterocycles. The third kappa shape index (κ3) is 4.92. The predicted octanol–water partition coefficient (Wildman–Crippen LogP) is 3.33. The van der Waals surface area contributed by atoms with Crippen LogP contribution >= 0.6 is 0 Å². The molecule has 2 rings (SSSR count). The number of likely N-dealkylation sites (N-methyl/N-ethyl adjacent to an activating group) is 1. The van der Waals surface area contributed by atoms with Crippen molar-refractivity contribution in [2.45, 2.75) is 12.7 Å². The summed E-state index contributed by atoms with van der Waals surface area (Å²) >= 11 is 0. The van der Waals surface area contributed by atoms with Gasteiger partial charge in [-0.3, -0.25) is 4.79 Å². The zero-order valence-electron chi connectivity index (χ0n) is 14.9. The van der Waals surface area contributed by atoms with E-state index < -0.39 is 12.5 Å². The number of nitrogens with one attached hydrogen (secondary N) is 1. The zero-order chi connectivity index (χ0) is 19.1. The topological polar surface area (TPSA) is 50.8 Å². The number of benzene rings is 2. The van der Waals surface area contributed by atoms with E-state index in [0.29, 0.717) is 5.75 Å². The Balaban J connectivity index is 2.16. The number of alkyl halides is 2. The first kappa shape index (κ1) is 19.7. The lowest BCUT2D eigenvalue weighted by Gasteiger charge is -2.26. The molecule has 140 valence electrons. The van der Waals surface area contributed by atoms with E-state index in [2.05, 4.69) is 10.1 Å². The minimum absolute atomic E-state index is 0.0605. The van der Waals surface area contributed by atoms with Crippen molar-refractivity contribution < 1.29 is 23.0 Å². The summed E-state index contributed by atoms with van der Waals surface area (Å²) in [6, 6.07) is 13.3. The van der Waals surface area contributed by atoms with Crippen molar-refractivity contribution in [3.05, 3.63) is 59.7 Å². The number of hydrogen-bond acceptors (Lipinski definition) is 4. The molecule has 0 spiro atoms. The molecule has 0 fully saturated rings. The molecule has 1 amide bonds. The molecule has 2 aromatic carbocycles. The van der Waals surface area contributed by atoms with E-state index in [-0.39, 0.29) is 23.9 Å². The van der Waals surface area contributed by atoms with Crippen LogP contribution in [0.15, 0.2) is 48.5 Å². The summed E-state index contributed by atoms with van der Waals surface area (Å²) in [5.41, 5.74) is 0.975. The standard InChI is InChI=1S/C19H22F2N2O3/c1-23(2)15(13-8-4-6-10-16(13)25-3)12-22-18(24)14-9-5-7-11-17(14)26-19(20)21/h4-11,15,19H,12H2,1-3H3,(H,22,24). The second kappa shape index (κ2) is 9.15. The van der Waals surface area contributed by atoms with Gasteiger partial charge in [0.15, 0.2) is 0 Å². The first-order chi connectivity index (χ1) is 12.4. The van der Waals surface area contributed by atoms with Gasteiger partial charge < -0.3 is 19.7 Å². The zero-order valence-corrected chi connectivity index (χ0v) is 14.9. The van der Waals surface area contributed by atoms with Crippen molar-refractivity contribution in [3.8, 4) is 11.5 Å². The van der Waals surface area contributed by atoms with Gasteiger partial charge in [-0.25, -0.2) is 0 Å². The Morgan fingerprint density at radius 2 is 1.69 bits per heavy atom. The highest BCUT2D eigenvalue weighted by atomic mass is 19.3. The molecule has 5 nitrogen and oxygen atoms in total. The van der Waals surface area contributed by atoms with Crippen LogP contribution in [-0.4, -0.2) is 45.2 Å². The van der Waals surface area contributed by atoms with Crippen molar-refractivity contribution in [1.82, 2.24) is 10.2 Å². The summed E-state index contributed by atoms with van der Waals surface area (Å²) in [5, 5.41) is 2.78. The number of methoxy groups -OCH3 is 1. The summed E-state index contributed by atoms with van der Waals surface area (Å²) in [6.07, 6.45) is 0. The highest BCUT2D eigenvalue weighted by molar-refractivity contribution is 5.96. The number of nitrogens with zero attached hydrogens (tertiary/aromatic N) is 1. The second-order valence-electron chi connectivity index (χ2n) is 5.81. The molecule has 0 aliphatic heterocycles. The summed E-state index contributed by atoms with van der Waals surface area (Å²) < 4.78 is 34.8. The number of para-hydroxylation sites is 2. The van der Waals surface area contributed by atoms with Crippen molar-refractivity contribution >= 4 is 5.91 Å². The van der Waals surface area contributed by atoms with E-state index in [4.69, 9.17) is 4.74 Å². The fourth-order valence-corrected chi connectivity index (χ4v) is 2.65. The maximum absolute atomic E-state index is 12.5. The Morgan fingerprint density at radius 1 is 1.08 bits per heavy atom. The second-order valence-corrected chi connectivity index (χ2v) is 5.81. The summed E-state index contributed by atoms with van der Waals surface area (Å²) in [4.78, 5) is 14.4. The molecule has 1 N–H and O–H groups in total. The lowest BCUT2D eigenvalue weighted by molar-refractivity contribution is -0.0501. The molecule has 7 heteroatoms. The van der Waals surface area contributed by atoms with Crippen molar-refractivity contribution in [2.24, 2.45) is 0 Å². The van der Waals surface area contributed by atoms with Crippen molar-refractivity contribution in [2.75, 3.05) is 27.7 Å².